The van der Waals surface area contributed by atoms with Crippen LogP contribution in [0.15, 0.2) is 0 Å². The third-order valence-corrected chi connectivity index (χ3v) is 6.40. The Morgan fingerprint density at radius 2 is 1.68 bits per heavy atom. The lowest BCUT2D eigenvalue weighted by molar-refractivity contribution is -0.135. The molecule has 22 heavy (non-hydrogen) atoms. The van der Waals surface area contributed by atoms with E-state index < -0.39 is 0 Å². The molecule has 0 bridgehead atoms. The quantitative estimate of drug-likeness (QED) is 0.861. The second-order valence-electron chi connectivity index (χ2n) is 8.07. The number of rotatable bonds is 3. The third-order valence-electron chi connectivity index (χ3n) is 6.40. The number of carbonyl (C=O) groups is 1. The average Bonchev–Trinajstić information content (AvgIpc) is 2.79. The molecule has 0 atom stereocenters. The van der Waals surface area contributed by atoms with Gasteiger partial charge in [0.1, 0.15) is 0 Å². The van der Waals surface area contributed by atoms with Crippen LogP contribution in [-0.2, 0) is 4.79 Å². The number of nitrogens with zero attached hydrogens (tertiary/aromatic N) is 1. The highest BCUT2D eigenvalue weighted by Crippen LogP contribution is 2.42. The lowest BCUT2D eigenvalue weighted by Crippen LogP contribution is -2.46. The van der Waals surface area contributed by atoms with Crippen LogP contribution in [0.3, 0.4) is 0 Å². The lowest BCUT2D eigenvalue weighted by atomic mass is 9.74. The highest BCUT2D eigenvalue weighted by Gasteiger charge is 2.37. The number of hydrogen-bond donors (Lipinski definition) is 1. The minimum atomic E-state index is 0.446. The fourth-order valence-electron chi connectivity index (χ4n) is 4.96. The van der Waals surface area contributed by atoms with E-state index in [0.717, 1.165) is 44.9 Å². The zero-order chi connectivity index (χ0) is 15.3. The van der Waals surface area contributed by atoms with E-state index in [1.165, 1.54) is 64.2 Å². The zero-order valence-corrected chi connectivity index (χ0v) is 14.2. The standard InChI is InChI=1S/C19H34N2O/c22-18(7-6-17-8-13-20-14-9-17)21-15-5-12-19(16-21)10-3-1-2-4-11-19/h17,20H,1-16H2. The second-order valence-corrected chi connectivity index (χ2v) is 8.07. The summed E-state index contributed by atoms with van der Waals surface area (Å²) < 4.78 is 0. The summed E-state index contributed by atoms with van der Waals surface area (Å²) in [6.45, 7) is 4.38. The van der Waals surface area contributed by atoms with Crippen LogP contribution in [0, 0.1) is 11.3 Å². The van der Waals surface area contributed by atoms with Gasteiger partial charge in [-0.3, -0.25) is 4.79 Å². The third kappa shape index (κ3) is 4.24. The van der Waals surface area contributed by atoms with Gasteiger partial charge in [-0.1, -0.05) is 25.7 Å². The van der Waals surface area contributed by atoms with Crippen LogP contribution in [-0.4, -0.2) is 37.0 Å². The number of piperidine rings is 2. The predicted molar refractivity (Wildman–Crippen MR) is 90.8 cm³/mol. The Morgan fingerprint density at radius 1 is 1.00 bits per heavy atom. The van der Waals surface area contributed by atoms with Crippen molar-refractivity contribution in [3.05, 3.63) is 0 Å². The van der Waals surface area contributed by atoms with Crippen molar-refractivity contribution >= 4 is 5.91 Å². The summed E-state index contributed by atoms with van der Waals surface area (Å²) in [5, 5.41) is 3.42. The van der Waals surface area contributed by atoms with Gasteiger partial charge >= 0.3 is 0 Å². The van der Waals surface area contributed by atoms with Gasteiger partial charge < -0.3 is 10.2 Å². The molecule has 0 radical (unpaired) electrons. The first-order valence-electron chi connectivity index (χ1n) is 9.76. The molecule has 1 amide bonds. The Balaban J connectivity index is 1.49. The highest BCUT2D eigenvalue weighted by molar-refractivity contribution is 5.76. The van der Waals surface area contributed by atoms with E-state index in [1.807, 2.05) is 0 Å². The first-order valence-corrected chi connectivity index (χ1v) is 9.76. The van der Waals surface area contributed by atoms with E-state index in [0.29, 0.717) is 11.3 Å². The molecule has 0 aromatic rings. The molecule has 1 N–H and O–H groups in total. The minimum absolute atomic E-state index is 0.446. The molecule has 3 aliphatic rings. The molecule has 0 unspecified atom stereocenters. The molecule has 3 rings (SSSR count). The van der Waals surface area contributed by atoms with Gasteiger partial charge in [-0.2, -0.15) is 0 Å². The monoisotopic (exact) mass is 306 g/mol. The van der Waals surface area contributed by atoms with E-state index >= 15 is 0 Å². The molecule has 0 aromatic carbocycles. The lowest BCUT2D eigenvalue weighted by Gasteiger charge is -2.43. The number of hydrogen-bond acceptors (Lipinski definition) is 2. The van der Waals surface area contributed by atoms with E-state index in [4.69, 9.17) is 0 Å². The van der Waals surface area contributed by atoms with Crippen molar-refractivity contribution in [1.29, 1.82) is 0 Å². The molecule has 3 fully saturated rings. The van der Waals surface area contributed by atoms with Crippen molar-refractivity contribution in [2.75, 3.05) is 26.2 Å². The number of nitrogens with one attached hydrogen (secondary N) is 1. The number of likely N-dealkylation sites (tertiary alicyclic amines) is 1. The fourth-order valence-corrected chi connectivity index (χ4v) is 4.96. The van der Waals surface area contributed by atoms with Crippen molar-refractivity contribution in [2.24, 2.45) is 11.3 Å². The molecule has 126 valence electrons. The average molecular weight is 306 g/mol. The zero-order valence-electron chi connectivity index (χ0n) is 14.2. The Morgan fingerprint density at radius 3 is 2.41 bits per heavy atom. The molecule has 2 aliphatic heterocycles. The normalized spacial score (nSPS) is 26.8. The molecule has 1 aliphatic carbocycles. The van der Waals surface area contributed by atoms with Gasteiger partial charge in [-0.15, -0.1) is 0 Å². The van der Waals surface area contributed by atoms with Crippen LogP contribution in [0.5, 0.6) is 0 Å². The van der Waals surface area contributed by atoms with Gasteiger partial charge in [0.2, 0.25) is 5.91 Å². The fraction of sp³-hybridized carbons (Fsp3) is 0.947. The molecular formula is C19H34N2O. The molecule has 2 saturated heterocycles. The van der Waals surface area contributed by atoms with Crippen molar-refractivity contribution in [2.45, 2.75) is 77.0 Å². The number of amides is 1. The molecular weight excluding hydrogens is 272 g/mol. The van der Waals surface area contributed by atoms with Crippen LogP contribution < -0.4 is 5.32 Å². The van der Waals surface area contributed by atoms with Crippen LogP contribution in [0.25, 0.3) is 0 Å². The second kappa shape index (κ2) is 7.81. The van der Waals surface area contributed by atoms with E-state index in [9.17, 15) is 4.79 Å². The van der Waals surface area contributed by atoms with Gasteiger partial charge in [0, 0.05) is 19.5 Å². The minimum Gasteiger partial charge on any atom is -0.342 e. The molecule has 0 aromatic heterocycles. The molecule has 3 heteroatoms. The van der Waals surface area contributed by atoms with E-state index in [-0.39, 0.29) is 0 Å². The highest BCUT2D eigenvalue weighted by atomic mass is 16.2. The van der Waals surface area contributed by atoms with Crippen molar-refractivity contribution < 1.29 is 4.79 Å². The van der Waals surface area contributed by atoms with Crippen molar-refractivity contribution in [3.8, 4) is 0 Å². The summed E-state index contributed by atoms with van der Waals surface area (Å²) in [6.07, 6.45) is 15.4. The summed E-state index contributed by atoms with van der Waals surface area (Å²) in [6, 6.07) is 0. The first kappa shape index (κ1) is 16.3. The maximum Gasteiger partial charge on any atom is 0.222 e. The van der Waals surface area contributed by atoms with Crippen LogP contribution in [0.1, 0.15) is 77.0 Å². The van der Waals surface area contributed by atoms with Gasteiger partial charge in [-0.25, -0.2) is 0 Å². The topological polar surface area (TPSA) is 32.3 Å². The summed E-state index contributed by atoms with van der Waals surface area (Å²) in [7, 11) is 0. The van der Waals surface area contributed by atoms with Gasteiger partial charge in [0.15, 0.2) is 0 Å². The van der Waals surface area contributed by atoms with Crippen LogP contribution in [0.4, 0.5) is 0 Å². The van der Waals surface area contributed by atoms with Crippen molar-refractivity contribution in [3.63, 3.8) is 0 Å². The Labute approximate surface area is 136 Å². The first-order chi connectivity index (χ1) is 10.8. The summed E-state index contributed by atoms with van der Waals surface area (Å²) >= 11 is 0. The molecule has 2 heterocycles. The molecule has 1 saturated carbocycles. The van der Waals surface area contributed by atoms with E-state index in [2.05, 4.69) is 10.2 Å². The van der Waals surface area contributed by atoms with Gasteiger partial charge in [0.25, 0.3) is 0 Å². The Hall–Kier alpha value is -0.570. The smallest absolute Gasteiger partial charge is 0.222 e. The van der Waals surface area contributed by atoms with Gasteiger partial charge in [0.05, 0.1) is 0 Å². The maximum atomic E-state index is 12.7. The summed E-state index contributed by atoms with van der Waals surface area (Å²) in [4.78, 5) is 14.9. The Bertz CT molecular complexity index is 354. The largest absolute Gasteiger partial charge is 0.342 e. The molecule has 1 spiro atoms. The van der Waals surface area contributed by atoms with Gasteiger partial charge in [-0.05, 0) is 69.4 Å². The summed E-state index contributed by atoms with van der Waals surface area (Å²) in [5.41, 5.74) is 0.485. The molecule has 3 nitrogen and oxygen atoms in total. The van der Waals surface area contributed by atoms with Crippen LogP contribution >= 0.6 is 0 Å². The van der Waals surface area contributed by atoms with Crippen LogP contribution in [0.2, 0.25) is 0 Å². The summed E-state index contributed by atoms with van der Waals surface area (Å²) in [5.74, 6) is 1.23. The Kier molecular flexibility index (Phi) is 5.78. The predicted octanol–water partition coefficient (Wildman–Crippen LogP) is 3.73. The SMILES string of the molecule is O=C(CCC1CCNCC1)N1CCCC2(CCCCCC2)C1. The van der Waals surface area contributed by atoms with E-state index in [1.54, 1.807) is 0 Å². The van der Waals surface area contributed by atoms with Crippen molar-refractivity contribution in [1.82, 2.24) is 10.2 Å². The number of carbonyl (C=O) groups excluding carboxylic acids is 1. The maximum absolute atomic E-state index is 12.7.